The Morgan fingerprint density at radius 2 is 1.83 bits per heavy atom. The zero-order valence-electron chi connectivity index (χ0n) is 17.2. The molecule has 0 radical (unpaired) electrons. The fraction of sp³-hybridized carbons (Fsp3) is 0.348. The first-order chi connectivity index (χ1) is 13.4. The van der Waals surface area contributed by atoms with Gasteiger partial charge in [0, 0.05) is 48.2 Å². The second kappa shape index (κ2) is 7.54. The van der Waals surface area contributed by atoms with E-state index >= 15 is 0 Å². The number of aliphatic hydroxyl groups is 1. The summed E-state index contributed by atoms with van der Waals surface area (Å²) >= 11 is 0. The largest absolute Gasteiger partial charge is 0.497 e. The van der Waals surface area contributed by atoms with Crippen molar-refractivity contribution in [2.24, 2.45) is 7.05 Å². The number of aromatic nitrogens is 1. The van der Waals surface area contributed by atoms with Crippen LogP contribution < -0.4 is 9.47 Å². The Bertz CT molecular complexity index is 1080. The second-order valence-electron chi connectivity index (χ2n) is 7.75. The Kier molecular flexibility index (Phi) is 5.43. The molecule has 154 valence electrons. The third kappa shape index (κ3) is 3.09. The van der Waals surface area contributed by atoms with Crippen LogP contribution in [-0.2, 0) is 12.5 Å². The van der Waals surface area contributed by atoms with Gasteiger partial charge in [0.2, 0.25) is 0 Å². The Morgan fingerprint density at radius 3 is 2.52 bits per heavy atom. The molecule has 0 bridgehead atoms. The molecule has 0 saturated heterocycles. The smallest absolute Gasteiger partial charge is 0.195 e. The van der Waals surface area contributed by atoms with Crippen LogP contribution in [0.1, 0.15) is 47.4 Å². The maximum absolute atomic E-state index is 13.4. The monoisotopic (exact) mass is 397 g/mol. The van der Waals surface area contributed by atoms with E-state index in [1.165, 1.54) is 0 Å². The standard InChI is InChI=1S/C23H25NO4.H2O/c1-23(2)18-12-15(28-11-5-10-25)7-8-16(18)21(26)20-17-9-6-14(27-4)13-19(17)24(3)22(20)23;/h6-9,12-13,25H,5,10-11H2,1-4H3;1H2. The van der Waals surface area contributed by atoms with Gasteiger partial charge in [-0.2, -0.15) is 0 Å². The van der Waals surface area contributed by atoms with Gasteiger partial charge in [-0.3, -0.25) is 4.79 Å². The average Bonchev–Trinajstić information content (AvgIpc) is 2.99. The number of ketones is 1. The van der Waals surface area contributed by atoms with Crippen molar-refractivity contribution in [1.82, 2.24) is 4.57 Å². The van der Waals surface area contributed by atoms with E-state index in [2.05, 4.69) is 18.4 Å². The molecular formula is C23H27NO5. The molecule has 3 aromatic rings. The number of methoxy groups -OCH3 is 1. The van der Waals surface area contributed by atoms with Crippen molar-refractivity contribution in [3.05, 3.63) is 58.8 Å². The summed E-state index contributed by atoms with van der Waals surface area (Å²) in [4.78, 5) is 13.4. The molecule has 6 nitrogen and oxygen atoms in total. The van der Waals surface area contributed by atoms with Crippen LogP contribution in [0.3, 0.4) is 0 Å². The maximum atomic E-state index is 13.4. The minimum atomic E-state index is -0.365. The number of rotatable bonds is 5. The minimum absolute atomic E-state index is 0. The maximum Gasteiger partial charge on any atom is 0.195 e. The first-order valence-corrected chi connectivity index (χ1v) is 9.50. The number of carbonyl (C=O) groups is 1. The summed E-state index contributed by atoms with van der Waals surface area (Å²) in [7, 11) is 3.65. The lowest BCUT2D eigenvalue weighted by molar-refractivity contribution is 0.103. The molecule has 1 heterocycles. The molecule has 3 N–H and O–H groups in total. The summed E-state index contributed by atoms with van der Waals surface area (Å²) in [6.45, 7) is 4.83. The number of ether oxygens (including phenoxy) is 2. The van der Waals surface area contributed by atoms with Gasteiger partial charge in [-0.05, 0) is 35.9 Å². The zero-order valence-corrected chi connectivity index (χ0v) is 17.2. The van der Waals surface area contributed by atoms with Gasteiger partial charge in [0.1, 0.15) is 11.5 Å². The first kappa shape index (κ1) is 20.9. The molecule has 4 rings (SSSR count). The Labute approximate surface area is 170 Å². The van der Waals surface area contributed by atoms with Crippen molar-refractivity contribution < 1.29 is 24.9 Å². The van der Waals surface area contributed by atoms with E-state index in [1.807, 2.05) is 43.4 Å². The quantitative estimate of drug-likeness (QED) is 0.670. The molecule has 0 spiro atoms. The van der Waals surface area contributed by atoms with Gasteiger partial charge in [0.05, 0.1) is 24.8 Å². The number of hydrogen-bond donors (Lipinski definition) is 1. The number of hydrogen-bond acceptors (Lipinski definition) is 4. The Hall–Kier alpha value is -2.83. The van der Waals surface area contributed by atoms with E-state index in [9.17, 15) is 4.79 Å². The predicted octanol–water partition coefficient (Wildman–Crippen LogP) is 2.99. The number of benzene rings is 2. The van der Waals surface area contributed by atoms with Crippen LogP contribution in [0.5, 0.6) is 11.5 Å². The van der Waals surface area contributed by atoms with Gasteiger partial charge in [-0.1, -0.05) is 13.8 Å². The van der Waals surface area contributed by atoms with Crippen molar-refractivity contribution in [3.8, 4) is 11.5 Å². The van der Waals surface area contributed by atoms with E-state index in [0.29, 0.717) is 13.0 Å². The highest BCUT2D eigenvalue weighted by Crippen LogP contribution is 2.46. The third-order valence-corrected chi connectivity index (χ3v) is 5.71. The molecule has 0 fully saturated rings. The highest BCUT2D eigenvalue weighted by atomic mass is 16.5. The van der Waals surface area contributed by atoms with Crippen molar-refractivity contribution in [3.63, 3.8) is 0 Å². The highest BCUT2D eigenvalue weighted by Gasteiger charge is 2.41. The van der Waals surface area contributed by atoms with Gasteiger partial charge in [-0.25, -0.2) is 0 Å². The lowest BCUT2D eigenvalue weighted by Crippen LogP contribution is -2.32. The second-order valence-corrected chi connectivity index (χ2v) is 7.75. The van der Waals surface area contributed by atoms with E-state index in [1.54, 1.807) is 7.11 Å². The molecule has 1 aliphatic carbocycles. The normalized spacial score (nSPS) is 14.2. The minimum Gasteiger partial charge on any atom is -0.497 e. The first-order valence-electron chi connectivity index (χ1n) is 9.50. The zero-order chi connectivity index (χ0) is 20.1. The molecular weight excluding hydrogens is 370 g/mol. The fourth-order valence-corrected chi connectivity index (χ4v) is 4.35. The number of aliphatic hydroxyl groups excluding tert-OH is 1. The van der Waals surface area contributed by atoms with Crippen LogP contribution in [0.4, 0.5) is 0 Å². The Morgan fingerprint density at radius 1 is 1.10 bits per heavy atom. The predicted molar refractivity (Wildman–Crippen MR) is 112 cm³/mol. The summed E-state index contributed by atoms with van der Waals surface area (Å²) in [5.41, 5.74) is 4.07. The number of aryl methyl sites for hydroxylation is 1. The third-order valence-electron chi connectivity index (χ3n) is 5.71. The van der Waals surface area contributed by atoms with Gasteiger partial charge >= 0.3 is 0 Å². The SMILES string of the molecule is COc1ccc2c3c(n(C)c2c1)C(C)(C)c1cc(OCCCO)ccc1C3=O.O. The van der Waals surface area contributed by atoms with E-state index < -0.39 is 0 Å². The van der Waals surface area contributed by atoms with Crippen LogP contribution in [0.25, 0.3) is 10.9 Å². The summed E-state index contributed by atoms with van der Waals surface area (Å²) in [6.07, 6.45) is 0.578. The van der Waals surface area contributed by atoms with Gasteiger partial charge in [0.25, 0.3) is 0 Å². The molecule has 29 heavy (non-hydrogen) atoms. The van der Waals surface area contributed by atoms with Crippen LogP contribution in [-0.4, -0.2) is 41.3 Å². The molecule has 6 heteroatoms. The van der Waals surface area contributed by atoms with Crippen LogP contribution in [0.15, 0.2) is 36.4 Å². The molecule has 0 aliphatic heterocycles. The Balaban J connectivity index is 0.00000240. The topological polar surface area (TPSA) is 92.2 Å². The van der Waals surface area contributed by atoms with Crippen molar-refractivity contribution in [1.29, 1.82) is 0 Å². The van der Waals surface area contributed by atoms with Gasteiger partial charge in [0.15, 0.2) is 5.78 Å². The molecule has 1 aromatic heterocycles. The van der Waals surface area contributed by atoms with Gasteiger partial charge < -0.3 is 24.6 Å². The van der Waals surface area contributed by atoms with Crippen LogP contribution >= 0.6 is 0 Å². The summed E-state index contributed by atoms with van der Waals surface area (Å²) in [6, 6.07) is 11.5. The van der Waals surface area contributed by atoms with Crippen LogP contribution in [0.2, 0.25) is 0 Å². The number of carbonyl (C=O) groups excluding carboxylic acids is 1. The van der Waals surface area contributed by atoms with Crippen molar-refractivity contribution in [2.75, 3.05) is 20.3 Å². The molecule has 0 atom stereocenters. The number of nitrogens with zero attached hydrogens (tertiary/aromatic N) is 1. The lowest BCUT2D eigenvalue weighted by atomic mass is 9.71. The molecule has 0 amide bonds. The van der Waals surface area contributed by atoms with E-state index in [0.717, 1.165) is 44.8 Å². The van der Waals surface area contributed by atoms with Crippen LogP contribution in [0, 0.1) is 0 Å². The molecule has 2 aromatic carbocycles. The summed E-state index contributed by atoms with van der Waals surface area (Å²) < 4.78 is 13.2. The molecule has 0 saturated carbocycles. The summed E-state index contributed by atoms with van der Waals surface area (Å²) in [5.74, 6) is 1.53. The van der Waals surface area contributed by atoms with Crippen molar-refractivity contribution in [2.45, 2.75) is 25.7 Å². The average molecular weight is 397 g/mol. The highest BCUT2D eigenvalue weighted by molar-refractivity contribution is 6.20. The fourth-order valence-electron chi connectivity index (χ4n) is 4.35. The lowest BCUT2D eigenvalue weighted by Gasteiger charge is -2.33. The molecule has 1 aliphatic rings. The van der Waals surface area contributed by atoms with E-state index in [-0.39, 0.29) is 23.3 Å². The molecule has 0 unspecified atom stereocenters. The summed E-state index contributed by atoms with van der Waals surface area (Å²) in [5, 5.41) is 9.91. The van der Waals surface area contributed by atoms with E-state index in [4.69, 9.17) is 14.6 Å². The van der Waals surface area contributed by atoms with Crippen molar-refractivity contribution >= 4 is 16.7 Å². The number of fused-ring (bicyclic) bond motifs is 4. The van der Waals surface area contributed by atoms with Gasteiger partial charge in [-0.15, -0.1) is 0 Å².